The van der Waals surface area contributed by atoms with Crippen molar-refractivity contribution >= 4 is 0 Å². The molecular weight excluding hydrogens is 106 g/mol. The van der Waals surface area contributed by atoms with E-state index in [1.54, 1.807) is 13.8 Å². The summed E-state index contributed by atoms with van der Waals surface area (Å²) in [6.45, 7) is 3.53. The molecule has 0 fully saturated rings. The Morgan fingerprint density at radius 3 is 2.25 bits per heavy atom. The molecule has 0 saturated heterocycles. The minimum Gasteiger partial charge on any atom is -0.410 e. The summed E-state index contributed by atoms with van der Waals surface area (Å²) in [7, 11) is 0. The van der Waals surface area contributed by atoms with Crippen LogP contribution in [0.15, 0.2) is 0 Å². The first-order valence-corrected chi connectivity index (χ1v) is 2.30. The van der Waals surface area contributed by atoms with E-state index in [0.717, 1.165) is 10.5 Å². The van der Waals surface area contributed by atoms with Gasteiger partial charge in [0.2, 0.25) is 0 Å². The molecule has 1 rings (SSSR count). The maximum Gasteiger partial charge on any atom is 0.1000 e. The molecule has 0 atom stereocenters. The Morgan fingerprint density at radius 1 is 1.50 bits per heavy atom. The molecule has 1 aromatic heterocycles. The van der Waals surface area contributed by atoms with Crippen LogP contribution < -0.4 is 0 Å². The van der Waals surface area contributed by atoms with Gasteiger partial charge in [0.05, 0.1) is 11.4 Å². The molecule has 0 spiro atoms. The molecule has 4 heteroatoms. The van der Waals surface area contributed by atoms with Gasteiger partial charge in [-0.2, -0.15) is 0 Å². The summed E-state index contributed by atoms with van der Waals surface area (Å²) in [4.78, 5) is 0.759. The van der Waals surface area contributed by atoms with Gasteiger partial charge in [0.15, 0.2) is 0 Å². The van der Waals surface area contributed by atoms with E-state index in [1.807, 2.05) is 0 Å². The Kier molecular flexibility index (Phi) is 0.932. The lowest BCUT2D eigenvalue weighted by Crippen LogP contribution is -1.94. The Bertz CT molecular complexity index is 174. The maximum absolute atomic E-state index is 8.68. The third kappa shape index (κ3) is 0.538. The van der Waals surface area contributed by atoms with E-state index in [0.29, 0.717) is 5.69 Å². The topological polar surface area (TPSA) is 50.9 Å². The number of hydrogen-bond donors (Lipinski definition) is 1. The molecule has 1 aromatic rings. The first kappa shape index (κ1) is 5.08. The predicted octanol–water partition coefficient (Wildman–Crippen LogP) is 0.132. The number of aryl methyl sites for hydroxylation is 1. The fourth-order valence-electron chi connectivity index (χ4n) is 0.394. The number of rotatable bonds is 0. The average Bonchev–Trinajstić information content (AvgIpc) is 1.98. The van der Waals surface area contributed by atoms with Crippen LogP contribution in [0.1, 0.15) is 11.4 Å². The van der Waals surface area contributed by atoms with Crippen LogP contribution in [-0.4, -0.2) is 20.4 Å². The van der Waals surface area contributed by atoms with E-state index in [-0.39, 0.29) is 0 Å². The lowest BCUT2D eigenvalue weighted by atomic mass is 10.4. The quantitative estimate of drug-likeness (QED) is 0.486. The van der Waals surface area contributed by atoms with Crippen molar-refractivity contribution in [3.05, 3.63) is 11.4 Å². The zero-order valence-corrected chi connectivity index (χ0v) is 4.79. The molecule has 0 amide bonds. The molecule has 0 saturated carbocycles. The average molecular weight is 113 g/mol. The van der Waals surface area contributed by atoms with Crippen LogP contribution in [0.4, 0.5) is 0 Å². The lowest BCUT2D eigenvalue weighted by molar-refractivity contribution is 0.137. The molecular formula is C4H7N3O. The molecule has 1 heterocycles. The number of aromatic nitrogens is 3. The van der Waals surface area contributed by atoms with Crippen molar-refractivity contribution in [2.45, 2.75) is 13.8 Å². The van der Waals surface area contributed by atoms with E-state index in [2.05, 4.69) is 10.3 Å². The van der Waals surface area contributed by atoms with Crippen LogP contribution in [0, 0.1) is 13.8 Å². The predicted molar refractivity (Wildman–Crippen MR) is 26.7 cm³/mol. The molecule has 4 nitrogen and oxygen atoms in total. The van der Waals surface area contributed by atoms with E-state index in [1.165, 1.54) is 0 Å². The summed E-state index contributed by atoms with van der Waals surface area (Å²) in [6.07, 6.45) is 0. The summed E-state index contributed by atoms with van der Waals surface area (Å²) in [5, 5.41) is 15.6. The molecule has 0 aromatic carbocycles. The van der Waals surface area contributed by atoms with Gasteiger partial charge in [-0.1, -0.05) is 4.85 Å². The van der Waals surface area contributed by atoms with E-state index in [9.17, 15) is 0 Å². The van der Waals surface area contributed by atoms with E-state index >= 15 is 0 Å². The van der Waals surface area contributed by atoms with Gasteiger partial charge >= 0.3 is 0 Å². The van der Waals surface area contributed by atoms with Gasteiger partial charge in [-0.15, -0.1) is 5.10 Å². The van der Waals surface area contributed by atoms with Gasteiger partial charge in [0.1, 0.15) is 0 Å². The van der Waals surface area contributed by atoms with E-state index in [4.69, 9.17) is 5.21 Å². The van der Waals surface area contributed by atoms with Crippen molar-refractivity contribution in [1.29, 1.82) is 0 Å². The Hall–Kier alpha value is -1.06. The second kappa shape index (κ2) is 1.47. The van der Waals surface area contributed by atoms with Crippen molar-refractivity contribution in [3.63, 3.8) is 0 Å². The van der Waals surface area contributed by atoms with Crippen LogP contribution >= 0.6 is 0 Å². The summed E-state index contributed by atoms with van der Waals surface area (Å²) >= 11 is 0. The second-order valence-corrected chi connectivity index (χ2v) is 1.65. The molecule has 0 bridgehead atoms. The van der Waals surface area contributed by atoms with Gasteiger partial charge in [-0.25, -0.2) is 0 Å². The fraction of sp³-hybridized carbons (Fsp3) is 0.500. The second-order valence-electron chi connectivity index (χ2n) is 1.65. The summed E-state index contributed by atoms with van der Waals surface area (Å²) in [6, 6.07) is 0. The van der Waals surface area contributed by atoms with E-state index < -0.39 is 0 Å². The van der Waals surface area contributed by atoms with Crippen molar-refractivity contribution in [2.75, 3.05) is 0 Å². The molecule has 0 aliphatic heterocycles. The van der Waals surface area contributed by atoms with Crippen LogP contribution in [0.25, 0.3) is 0 Å². The minimum absolute atomic E-state index is 0.685. The lowest BCUT2D eigenvalue weighted by Gasteiger charge is -1.86. The van der Waals surface area contributed by atoms with Crippen molar-refractivity contribution < 1.29 is 5.21 Å². The molecule has 0 aliphatic rings. The highest BCUT2D eigenvalue weighted by atomic mass is 16.5. The van der Waals surface area contributed by atoms with Gasteiger partial charge in [0, 0.05) is 0 Å². The highest BCUT2D eigenvalue weighted by molar-refractivity contribution is 5.02. The van der Waals surface area contributed by atoms with Crippen molar-refractivity contribution in [3.8, 4) is 0 Å². The van der Waals surface area contributed by atoms with Crippen LogP contribution in [0.5, 0.6) is 0 Å². The standard InChI is InChI=1S/C4H7N3O/c1-3-4(2)7(8)6-5-3/h8H,1-2H3. The number of nitrogens with zero attached hydrogens (tertiary/aromatic N) is 3. The maximum atomic E-state index is 8.68. The minimum atomic E-state index is 0.685. The summed E-state index contributed by atoms with van der Waals surface area (Å²) in [5.41, 5.74) is 1.44. The highest BCUT2D eigenvalue weighted by Gasteiger charge is 1.98. The largest absolute Gasteiger partial charge is 0.410 e. The molecule has 0 unspecified atom stereocenters. The van der Waals surface area contributed by atoms with Gasteiger partial charge < -0.3 is 5.21 Å². The van der Waals surface area contributed by atoms with Crippen LogP contribution in [0.2, 0.25) is 0 Å². The zero-order valence-electron chi connectivity index (χ0n) is 4.79. The monoisotopic (exact) mass is 113 g/mol. The SMILES string of the molecule is Cc1nnn(O)c1C. The Balaban J connectivity index is 3.19. The normalized spacial score (nSPS) is 9.75. The fourth-order valence-corrected chi connectivity index (χ4v) is 0.394. The summed E-state index contributed by atoms with van der Waals surface area (Å²) < 4.78 is 0. The molecule has 8 heavy (non-hydrogen) atoms. The van der Waals surface area contributed by atoms with Crippen molar-refractivity contribution in [2.24, 2.45) is 0 Å². The smallest absolute Gasteiger partial charge is 0.1000 e. The molecule has 0 radical (unpaired) electrons. The highest BCUT2D eigenvalue weighted by Crippen LogP contribution is 1.96. The Labute approximate surface area is 46.7 Å². The van der Waals surface area contributed by atoms with Crippen LogP contribution in [-0.2, 0) is 0 Å². The van der Waals surface area contributed by atoms with Crippen molar-refractivity contribution in [1.82, 2.24) is 15.2 Å². The first-order valence-electron chi connectivity index (χ1n) is 2.30. The first-order chi connectivity index (χ1) is 3.72. The molecule has 0 aliphatic carbocycles. The van der Waals surface area contributed by atoms with Gasteiger partial charge in [-0.3, -0.25) is 0 Å². The molecule has 44 valence electrons. The summed E-state index contributed by atoms with van der Waals surface area (Å²) in [5.74, 6) is 0. The third-order valence-electron chi connectivity index (χ3n) is 1.10. The molecule has 1 N–H and O–H groups in total. The Morgan fingerprint density at radius 2 is 2.12 bits per heavy atom. The van der Waals surface area contributed by atoms with Crippen LogP contribution in [0.3, 0.4) is 0 Å². The van der Waals surface area contributed by atoms with Gasteiger partial charge in [0.25, 0.3) is 0 Å². The number of hydrogen-bond acceptors (Lipinski definition) is 3. The van der Waals surface area contributed by atoms with Gasteiger partial charge in [-0.05, 0) is 19.1 Å². The third-order valence-corrected chi connectivity index (χ3v) is 1.10. The zero-order chi connectivity index (χ0) is 6.15.